The molecule has 5 aromatic rings. The molecule has 38 heavy (non-hydrogen) atoms. The Labute approximate surface area is 219 Å². The number of hydrogen-bond donors (Lipinski definition) is 3. The average Bonchev–Trinajstić information content (AvgIpc) is 3.29. The van der Waals surface area contributed by atoms with Crippen LogP contribution in [0.4, 0.5) is 22.1 Å². The summed E-state index contributed by atoms with van der Waals surface area (Å²) in [4.78, 5) is 33.4. The molecule has 2 amide bonds. The van der Waals surface area contributed by atoms with E-state index in [1.165, 1.54) is 12.4 Å². The highest BCUT2D eigenvalue weighted by Crippen LogP contribution is 2.27. The first-order chi connectivity index (χ1) is 18.1. The summed E-state index contributed by atoms with van der Waals surface area (Å²) < 4.78 is 3.48. The quantitative estimate of drug-likeness (QED) is 0.319. The molecule has 3 aromatic heterocycles. The van der Waals surface area contributed by atoms with Crippen LogP contribution in [0.25, 0.3) is 22.4 Å². The van der Waals surface area contributed by atoms with E-state index in [0.29, 0.717) is 17.2 Å². The molecule has 0 aliphatic rings. The maximum absolute atomic E-state index is 12.9. The highest BCUT2D eigenvalue weighted by molar-refractivity contribution is 5.99. The first kappa shape index (κ1) is 24.7. The van der Waals surface area contributed by atoms with Crippen LogP contribution in [0.3, 0.4) is 0 Å². The third-order valence-corrected chi connectivity index (χ3v) is 6.11. The van der Waals surface area contributed by atoms with E-state index < -0.39 is 6.03 Å². The van der Waals surface area contributed by atoms with Gasteiger partial charge in [-0.25, -0.2) is 19.4 Å². The average molecular weight is 509 g/mol. The Bertz CT molecular complexity index is 1690. The SMILES string of the molecule is Cc1ccc(-n2nc(C(C)(C)C)cc2NC(=O)Nc2ccc(-n3ccc(=O)c4c(N)ncnc43)cc2)cc1. The summed E-state index contributed by atoms with van der Waals surface area (Å²) in [5.41, 5.74) is 10.0. The van der Waals surface area contributed by atoms with Gasteiger partial charge in [0.15, 0.2) is 11.1 Å². The largest absolute Gasteiger partial charge is 0.383 e. The molecule has 0 spiro atoms. The Kier molecular flexibility index (Phi) is 6.15. The van der Waals surface area contributed by atoms with Gasteiger partial charge in [-0.1, -0.05) is 38.5 Å². The Morgan fingerprint density at radius 2 is 1.61 bits per heavy atom. The van der Waals surface area contributed by atoms with Crippen molar-refractivity contribution in [3.63, 3.8) is 0 Å². The molecule has 0 bridgehead atoms. The molecular weight excluding hydrogens is 480 g/mol. The Balaban J connectivity index is 1.38. The second-order valence-electron chi connectivity index (χ2n) is 10.0. The van der Waals surface area contributed by atoms with Gasteiger partial charge in [-0.2, -0.15) is 5.10 Å². The number of benzene rings is 2. The number of amides is 2. The molecule has 192 valence electrons. The minimum absolute atomic E-state index is 0.129. The molecular formula is C28H28N8O2. The molecule has 2 aromatic carbocycles. The van der Waals surface area contributed by atoms with Crippen molar-refractivity contribution in [2.24, 2.45) is 0 Å². The normalized spacial score (nSPS) is 11.5. The van der Waals surface area contributed by atoms with Gasteiger partial charge in [0.1, 0.15) is 23.3 Å². The minimum Gasteiger partial charge on any atom is -0.383 e. The molecule has 10 heteroatoms. The number of nitrogen functional groups attached to an aromatic ring is 1. The lowest BCUT2D eigenvalue weighted by Gasteiger charge is -2.14. The van der Waals surface area contributed by atoms with Crippen LogP contribution in [-0.2, 0) is 5.41 Å². The molecule has 4 N–H and O–H groups in total. The van der Waals surface area contributed by atoms with E-state index in [4.69, 9.17) is 10.8 Å². The fourth-order valence-electron chi connectivity index (χ4n) is 4.02. The number of carbonyl (C=O) groups excluding carboxylic acids is 1. The summed E-state index contributed by atoms with van der Waals surface area (Å²) in [5.74, 6) is 0.689. The third-order valence-electron chi connectivity index (χ3n) is 6.11. The second-order valence-corrected chi connectivity index (χ2v) is 10.0. The number of aromatic nitrogens is 5. The number of anilines is 3. The summed E-state index contributed by atoms with van der Waals surface area (Å²) in [6.45, 7) is 8.25. The van der Waals surface area contributed by atoms with E-state index in [9.17, 15) is 9.59 Å². The number of hydrogen-bond acceptors (Lipinski definition) is 6. The molecule has 10 nitrogen and oxygen atoms in total. The zero-order valence-corrected chi connectivity index (χ0v) is 21.6. The zero-order chi connectivity index (χ0) is 27.0. The standard InChI is InChI=1S/C28H28N8O2/c1-17-5-9-20(10-6-17)36-23(15-22(34-36)28(2,3)4)33-27(38)32-18-7-11-19(12-8-18)35-14-13-21(37)24-25(29)30-16-31-26(24)35/h5-16H,1-4H3,(H2,29,30,31)(H2,32,33,38). The molecule has 0 aliphatic heterocycles. The molecule has 0 saturated heterocycles. The van der Waals surface area contributed by atoms with Crippen molar-refractivity contribution in [1.82, 2.24) is 24.3 Å². The first-order valence-electron chi connectivity index (χ1n) is 12.1. The van der Waals surface area contributed by atoms with E-state index in [-0.39, 0.29) is 22.0 Å². The Hall–Kier alpha value is -4.99. The van der Waals surface area contributed by atoms with Crippen molar-refractivity contribution in [1.29, 1.82) is 0 Å². The number of nitrogens with one attached hydrogen (secondary N) is 2. The second kappa shape index (κ2) is 9.47. The van der Waals surface area contributed by atoms with Gasteiger partial charge in [0, 0.05) is 35.1 Å². The molecule has 0 saturated carbocycles. The number of nitrogens with zero attached hydrogens (tertiary/aromatic N) is 5. The highest BCUT2D eigenvalue weighted by atomic mass is 16.2. The number of nitrogens with two attached hydrogens (primary N) is 1. The number of rotatable bonds is 4. The lowest BCUT2D eigenvalue weighted by molar-refractivity contribution is 0.262. The molecule has 0 unspecified atom stereocenters. The van der Waals surface area contributed by atoms with Gasteiger partial charge in [0.25, 0.3) is 0 Å². The summed E-state index contributed by atoms with van der Waals surface area (Å²) in [5, 5.41) is 10.8. The van der Waals surface area contributed by atoms with Crippen molar-refractivity contribution >= 4 is 34.4 Å². The van der Waals surface area contributed by atoms with E-state index >= 15 is 0 Å². The van der Waals surface area contributed by atoms with Crippen molar-refractivity contribution in [3.8, 4) is 11.4 Å². The molecule has 0 fully saturated rings. The first-order valence-corrected chi connectivity index (χ1v) is 12.1. The van der Waals surface area contributed by atoms with Gasteiger partial charge >= 0.3 is 6.03 Å². The van der Waals surface area contributed by atoms with Gasteiger partial charge in [-0.15, -0.1) is 0 Å². The van der Waals surface area contributed by atoms with Crippen molar-refractivity contribution in [2.45, 2.75) is 33.1 Å². The highest BCUT2D eigenvalue weighted by Gasteiger charge is 2.21. The van der Waals surface area contributed by atoms with Crippen LogP contribution in [0.15, 0.2) is 78.0 Å². The minimum atomic E-state index is -0.402. The summed E-state index contributed by atoms with van der Waals surface area (Å²) in [7, 11) is 0. The molecule has 0 radical (unpaired) electrons. The maximum atomic E-state index is 12.9. The van der Waals surface area contributed by atoms with Crippen LogP contribution in [0, 0.1) is 6.92 Å². The maximum Gasteiger partial charge on any atom is 0.324 e. The van der Waals surface area contributed by atoms with Crippen molar-refractivity contribution in [2.75, 3.05) is 16.4 Å². The van der Waals surface area contributed by atoms with Gasteiger partial charge < -0.3 is 15.6 Å². The topological polar surface area (TPSA) is 133 Å². The van der Waals surface area contributed by atoms with Crippen molar-refractivity contribution < 1.29 is 4.79 Å². The van der Waals surface area contributed by atoms with Gasteiger partial charge in [-0.05, 0) is 43.3 Å². The lowest BCUT2D eigenvalue weighted by Crippen LogP contribution is -2.21. The number of fused-ring (bicyclic) bond motifs is 1. The summed E-state index contributed by atoms with van der Waals surface area (Å²) >= 11 is 0. The van der Waals surface area contributed by atoms with Crippen LogP contribution >= 0.6 is 0 Å². The number of pyridine rings is 1. The fraction of sp³-hybridized carbons (Fsp3) is 0.179. The molecule has 0 atom stereocenters. The van der Waals surface area contributed by atoms with Crippen LogP contribution in [0.5, 0.6) is 0 Å². The number of carbonyl (C=O) groups is 1. The summed E-state index contributed by atoms with van der Waals surface area (Å²) in [6.07, 6.45) is 2.95. The van der Waals surface area contributed by atoms with Crippen molar-refractivity contribution in [3.05, 3.63) is 94.7 Å². The number of aryl methyl sites for hydroxylation is 1. The van der Waals surface area contributed by atoms with Crippen LogP contribution in [0.1, 0.15) is 32.0 Å². The molecule has 0 aliphatic carbocycles. The zero-order valence-electron chi connectivity index (χ0n) is 21.6. The van der Waals surface area contributed by atoms with Gasteiger partial charge in [-0.3, -0.25) is 10.1 Å². The van der Waals surface area contributed by atoms with E-state index in [1.54, 1.807) is 27.6 Å². The predicted octanol–water partition coefficient (Wildman–Crippen LogP) is 4.80. The predicted molar refractivity (Wildman–Crippen MR) is 149 cm³/mol. The van der Waals surface area contributed by atoms with E-state index in [1.807, 2.05) is 49.4 Å². The summed E-state index contributed by atoms with van der Waals surface area (Å²) in [6, 6.07) is 18.0. The van der Waals surface area contributed by atoms with Crippen LogP contribution < -0.4 is 21.8 Å². The Morgan fingerprint density at radius 1 is 0.921 bits per heavy atom. The third kappa shape index (κ3) is 4.83. The van der Waals surface area contributed by atoms with Crippen LogP contribution in [0.2, 0.25) is 0 Å². The van der Waals surface area contributed by atoms with Gasteiger partial charge in [0.2, 0.25) is 0 Å². The lowest BCUT2D eigenvalue weighted by atomic mass is 9.92. The van der Waals surface area contributed by atoms with Gasteiger partial charge in [0.05, 0.1) is 11.4 Å². The van der Waals surface area contributed by atoms with E-state index in [0.717, 1.165) is 22.6 Å². The number of urea groups is 1. The monoisotopic (exact) mass is 508 g/mol. The Morgan fingerprint density at radius 3 is 2.29 bits per heavy atom. The van der Waals surface area contributed by atoms with E-state index in [2.05, 4.69) is 41.4 Å². The molecule has 5 rings (SSSR count). The molecule has 3 heterocycles. The smallest absolute Gasteiger partial charge is 0.324 e. The fourth-order valence-corrected chi connectivity index (χ4v) is 4.02. The van der Waals surface area contributed by atoms with Crippen LogP contribution in [-0.4, -0.2) is 30.3 Å².